The van der Waals surface area contributed by atoms with Crippen molar-refractivity contribution in [3.63, 3.8) is 0 Å². The van der Waals surface area contributed by atoms with Crippen LogP contribution in [0.5, 0.6) is 0 Å². The standard InChI is InChI=1S/C18H20F3N3OS/c1-4-11(2)22-16(25)12(3)26-17-23-14(13-8-6-5-7-9-13)10-15(24-17)18(19,20)21/h5-12H,4H2,1-3H3,(H,22,25)/t11-,12+/m1/s1. The number of nitrogens with zero attached hydrogens (tertiary/aromatic N) is 2. The van der Waals surface area contributed by atoms with Gasteiger partial charge in [-0.2, -0.15) is 13.2 Å². The molecule has 2 rings (SSSR count). The first-order valence-electron chi connectivity index (χ1n) is 8.19. The summed E-state index contributed by atoms with van der Waals surface area (Å²) < 4.78 is 39.6. The van der Waals surface area contributed by atoms with Crippen molar-refractivity contribution in [2.75, 3.05) is 0 Å². The van der Waals surface area contributed by atoms with E-state index in [9.17, 15) is 18.0 Å². The van der Waals surface area contributed by atoms with Gasteiger partial charge < -0.3 is 5.32 Å². The van der Waals surface area contributed by atoms with Gasteiger partial charge in [0.25, 0.3) is 0 Å². The van der Waals surface area contributed by atoms with E-state index in [-0.39, 0.29) is 22.8 Å². The van der Waals surface area contributed by atoms with Crippen LogP contribution in [0.3, 0.4) is 0 Å². The third-order valence-electron chi connectivity index (χ3n) is 3.72. The first kappa shape index (κ1) is 20.2. The van der Waals surface area contributed by atoms with E-state index in [0.717, 1.165) is 24.2 Å². The molecule has 1 amide bonds. The predicted molar refractivity (Wildman–Crippen MR) is 95.7 cm³/mol. The highest BCUT2D eigenvalue weighted by Crippen LogP contribution is 2.32. The van der Waals surface area contributed by atoms with Crippen molar-refractivity contribution in [3.8, 4) is 11.3 Å². The summed E-state index contributed by atoms with van der Waals surface area (Å²) in [4.78, 5) is 20.0. The van der Waals surface area contributed by atoms with E-state index in [1.54, 1.807) is 37.3 Å². The molecule has 0 bridgehead atoms. The molecule has 0 saturated carbocycles. The zero-order chi connectivity index (χ0) is 19.3. The Morgan fingerprint density at radius 3 is 2.42 bits per heavy atom. The van der Waals surface area contributed by atoms with Crippen molar-refractivity contribution in [2.45, 2.75) is 49.8 Å². The Morgan fingerprint density at radius 2 is 1.85 bits per heavy atom. The highest BCUT2D eigenvalue weighted by Gasteiger charge is 2.34. The molecule has 1 aromatic carbocycles. The molecule has 0 aliphatic carbocycles. The van der Waals surface area contributed by atoms with Crippen LogP contribution >= 0.6 is 11.8 Å². The van der Waals surface area contributed by atoms with Crippen LogP contribution in [0.25, 0.3) is 11.3 Å². The van der Waals surface area contributed by atoms with E-state index >= 15 is 0 Å². The van der Waals surface area contributed by atoms with Crippen LogP contribution in [0.1, 0.15) is 32.9 Å². The van der Waals surface area contributed by atoms with Gasteiger partial charge in [-0.15, -0.1) is 0 Å². The molecule has 1 heterocycles. The van der Waals surface area contributed by atoms with Crippen LogP contribution < -0.4 is 5.32 Å². The normalized spacial score (nSPS) is 13.9. The van der Waals surface area contributed by atoms with Gasteiger partial charge in [-0.25, -0.2) is 9.97 Å². The number of rotatable bonds is 6. The quantitative estimate of drug-likeness (QED) is 0.587. The van der Waals surface area contributed by atoms with E-state index in [0.29, 0.717) is 5.56 Å². The highest BCUT2D eigenvalue weighted by atomic mass is 32.2. The zero-order valence-electron chi connectivity index (χ0n) is 14.7. The average Bonchev–Trinajstić information content (AvgIpc) is 2.61. The second-order valence-electron chi connectivity index (χ2n) is 5.86. The number of carbonyl (C=O) groups is 1. The summed E-state index contributed by atoms with van der Waals surface area (Å²) in [6.45, 7) is 5.42. The van der Waals surface area contributed by atoms with Gasteiger partial charge in [0.1, 0.15) is 5.69 Å². The summed E-state index contributed by atoms with van der Waals surface area (Å²) in [6, 6.07) is 9.48. The fraction of sp³-hybridized carbons (Fsp3) is 0.389. The number of thioether (sulfide) groups is 1. The molecule has 0 spiro atoms. The Morgan fingerprint density at radius 1 is 1.19 bits per heavy atom. The van der Waals surface area contributed by atoms with Gasteiger partial charge in [0.05, 0.1) is 10.9 Å². The molecule has 8 heteroatoms. The van der Waals surface area contributed by atoms with E-state index in [1.807, 2.05) is 13.8 Å². The van der Waals surface area contributed by atoms with Crippen molar-refractivity contribution in [1.29, 1.82) is 0 Å². The summed E-state index contributed by atoms with van der Waals surface area (Å²) in [5, 5.41) is 2.11. The average molecular weight is 383 g/mol. The van der Waals surface area contributed by atoms with Crippen molar-refractivity contribution in [2.24, 2.45) is 0 Å². The molecule has 0 saturated heterocycles. The van der Waals surface area contributed by atoms with Crippen molar-refractivity contribution >= 4 is 17.7 Å². The van der Waals surface area contributed by atoms with E-state index < -0.39 is 17.1 Å². The maximum Gasteiger partial charge on any atom is 0.433 e. The van der Waals surface area contributed by atoms with Gasteiger partial charge in [0.15, 0.2) is 5.16 Å². The minimum atomic E-state index is -4.59. The lowest BCUT2D eigenvalue weighted by molar-refractivity contribution is -0.141. The maximum absolute atomic E-state index is 13.2. The summed E-state index contributed by atoms with van der Waals surface area (Å²) >= 11 is 0.909. The second kappa shape index (κ2) is 8.53. The van der Waals surface area contributed by atoms with Gasteiger partial charge in [-0.3, -0.25) is 4.79 Å². The number of aromatic nitrogens is 2. The highest BCUT2D eigenvalue weighted by molar-refractivity contribution is 8.00. The molecule has 1 N–H and O–H groups in total. The monoisotopic (exact) mass is 383 g/mol. The fourth-order valence-corrected chi connectivity index (χ4v) is 2.85. The lowest BCUT2D eigenvalue weighted by Gasteiger charge is -2.16. The molecule has 4 nitrogen and oxygen atoms in total. The zero-order valence-corrected chi connectivity index (χ0v) is 15.5. The topological polar surface area (TPSA) is 54.9 Å². The molecule has 26 heavy (non-hydrogen) atoms. The first-order valence-corrected chi connectivity index (χ1v) is 9.07. The number of carbonyl (C=O) groups excluding carboxylic acids is 1. The van der Waals surface area contributed by atoms with Crippen molar-refractivity contribution in [3.05, 3.63) is 42.1 Å². The van der Waals surface area contributed by atoms with Crippen molar-refractivity contribution in [1.82, 2.24) is 15.3 Å². The molecular weight excluding hydrogens is 363 g/mol. The minimum Gasteiger partial charge on any atom is -0.353 e. The molecule has 0 fully saturated rings. The Balaban J connectivity index is 2.31. The van der Waals surface area contributed by atoms with Crippen LogP contribution in [0.2, 0.25) is 0 Å². The molecule has 140 valence electrons. The number of amides is 1. The van der Waals surface area contributed by atoms with Crippen LogP contribution in [-0.4, -0.2) is 27.2 Å². The largest absolute Gasteiger partial charge is 0.433 e. The summed E-state index contributed by atoms with van der Waals surface area (Å²) in [6.07, 6.45) is -3.83. The van der Waals surface area contributed by atoms with Crippen LogP contribution in [0.15, 0.2) is 41.6 Å². The molecular formula is C18H20F3N3OS. The molecule has 0 aliphatic heterocycles. The van der Waals surface area contributed by atoms with Gasteiger partial charge in [0.2, 0.25) is 5.91 Å². The maximum atomic E-state index is 13.2. The summed E-state index contributed by atoms with van der Waals surface area (Å²) in [7, 11) is 0. The molecule has 0 aliphatic rings. The summed E-state index contributed by atoms with van der Waals surface area (Å²) in [5.41, 5.74) is -0.299. The van der Waals surface area contributed by atoms with Crippen LogP contribution in [0.4, 0.5) is 13.2 Å². The smallest absolute Gasteiger partial charge is 0.353 e. The fourth-order valence-electron chi connectivity index (χ4n) is 2.05. The molecule has 2 aromatic rings. The number of hydrogen-bond acceptors (Lipinski definition) is 4. The second-order valence-corrected chi connectivity index (χ2v) is 7.17. The predicted octanol–water partition coefficient (Wildman–Crippen LogP) is 4.56. The lowest BCUT2D eigenvalue weighted by atomic mass is 10.1. The molecule has 1 aromatic heterocycles. The van der Waals surface area contributed by atoms with Gasteiger partial charge in [-0.05, 0) is 26.3 Å². The van der Waals surface area contributed by atoms with Crippen LogP contribution in [-0.2, 0) is 11.0 Å². The van der Waals surface area contributed by atoms with Crippen LogP contribution in [0, 0.1) is 0 Å². The minimum absolute atomic E-state index is 0.00661. The SMILES string of the molecule is CC[C@@H](C)NC(=O)[C@H](C)Sc1nc(-c2ccccc2)cc(C(F)(F)F)n1. The number of benzene rings is 1. The first-order chi connectivity index (χ1) is 12.2. The van der Waals surface area contributed by atoms with E-state index in [1.165, 1.54) is 0 Å². The summed E-state index contributed by atoms with van der Waals surface area (Å²) in [5.74, 6) is -0.258. The molecule has 2 atom stereocenters. The third-order valence-corrected chi connectivity index (χ3v) is 4.68. The lowest BCUT2D eigenvalue weighted by Crippen LogP contribution is -2.37. The number of nitrogens with one attached hydrogen (secondary N) is 1. The number of alkyl halides is 3. The Hall–Kier alpha value is -2.09. The van der Waals surface area contributed by atoms with Gasteiger partial charge in [0, 0.05) is 11.6 Å². The molecule has 0 unspecified atom stereocenters. The Bertz CT molecular complexity index is 753. The van der Waals surface area contributed by atoms with E-state index in [4.69, 9.17) is 0 Å². The number of hydrogen-bond donors (Lipinski definition) is 1. The Kier molecular flexibility index (Phi) is 6.63. The Labute approximate surface area is 154 Å². The van der Waals surface area contributed by atoms with E-state index in [2.05, 4.69) is 15.3 Å². The molecule has 0 radical (unpaired) electrons. The van der Waals surface area contributed by atoms with Gasteiger partial charge in [-0.1, -0.05) is 49.0 Å². The van der Waals surface area contributed by atoms with Crippen molar-refractivity contribution < 1.29 is 18.0 Å². The number of halogens is 3. The van der Waals surface area contributed by atoms with Gasteiger partial charge >= 0.3 is 6.18 Å². The third kappa shape index (κ3) is 5.45.